The van der Waals surface area contributed by atoms with E-state index in [2.05, 4.69) is 10.4 Å². The molecular formula is C10H18N4O. The van der Waals surface area contributed by atoms with Crippen molar-refractivity contribution < 1.29 is 4.79 Å². The molecule has 0 aliphatic rings. The molecule has 1 atom stereocenters. The average Bonchev–Trinajstić information content (AvgIpc) is 2.75. The summed E-state index contributed by atoms with van der Waals surface area (Å²) in [5, 5.41) is 6.85. The van der Waals surface area contributed by atoms with Crippen molar-refractivity contribution in [2.24, 2.45) is 5.73 Å². The zero-order valence-corrected chi connectivity index (χ0v) is 9.02. The van der Waals surface area contributed by atoms with Crippen LogP contribution in [-0.2, 0) is 11.3 Å². The molecule has 0 spiro atoms. The van der Waals surface area contributed by atoms with Gasteiger partial charge in [0.2, 0.25) is 5.91 Å². The van der Waals surface area contributed by atoms with Gasteiger partial charge in [0, 0.05) is 25.5 Å². The maximum atomic E-state index is 11.3. The molecule has 0 bridgehead atoms. The molecule has 5 heteroatoms. The van der Waals surface area contributed by atoms with E-state index < -0.39 is 0 Å². The molecule has 0 aliphatic carbocycles. The summed E-state index contributed by atoms with van der Waals surface area (Å²) in [5.41, 5.74) is 5.56. The van der Waals surface area contributed by atoms with Crippen molar-refractivity contribution in [3.05, 3.63) is 18.5 Å². The number of nitrogens with two attached hydrogens (primary N) is 1. The quantitative estimate of drug-likeness (QED) is 0.655. The van der Waals surface area contributed by atoms with Gasteiger partial charge in [-0.05, 0) is 18.9 Å². The molecule has 0 saturated carbocycles. The van der Waals surface area contributed by atoms with Crippen LogP contribution in [0.5, 0.6) is 0 Å². The van der Waals surface area contributed by atoms with Crippen LogP contribution in [0, 0.1) is 0 Å². The number of nitrogens with one attached hydrogen (secondary N) is 1. The average molecular weight is 210 g/mol. The summed E-state index contributed by atoms with van der Waals surface area (Å²) in [4.78, 5) is 11.3. The Bertz CT molecular complexity index is 284. The normalized spacial score (nSPS) is 12.4. The molecule has 0 saturated heterocycles. The Balaban J connectivity index is 2.09. The Morgan fingerprint density at radius 2 is 2.47 bits per heavy atom. The fourth-order valence-corrected chi connectivity index (χ4v) is 1.20. The van der Waals surface area contributed by atoms with Gasteiger partial charge in [0.05, 0.1) is 6.04 Å². The molecule has 3 N–H and O–H groups in total. The van der Waals surface area contributed by atoms with Gasteiger partial charge in [-0.3, -0.25) is 9.48 Å². The predicted molar refractivity (Wildman–Crippen MR) is 58.1 cm³/mol. The smallest absolute Gasteiger partial charge is 0.236 e. The van der Waals surface area contributed by atoms with Gasteiger partial charge in [0.15, 0.2) is 0 Å². The van der Waals surface area contributed by atoms with Gasteiger partial charge in [-0.2, -0.15) is 5.10 Å². The third-order valence-electron chi connectivity index (χ3n) is 2.20. The first-order chi connectivity index (χ1) is 7.24. The molecule has 0 radical (unpaired) electrons. The summed E-state index contributed by atoms with van der Waals surface area (Å²) >= 11 is 0. The standard InChI is InChI=1S/C10H18N4O/c1-2-9(11)10(15)12-5-3-7-14-8-4-6-13-14/h4,6,8-9H,2-3,5,7,11H2,1H3,(H,12,15)/t9-/m1/s1. The second kappa shape index (κ2) is 6.19. The first kappa shape index (κ1) is 11.7. The number of amides is 1. The van der Waals surface area contributed by atoms with E-state index in [0.717, 1.165) is 13.0 Å². The van der Waals surface area contributed by atoms with Crippen LogP contribution in [0.2, 0.25) is 0 Å². The Labute approximate surface area is 89.6 Å². The highest BCUT2D eigenvalue weighted by atomic mass is 16.2. The van der Waals surface area contributed by atoms with Crippen molar-refractivity contribution in [2.45, 2.75) is 32.4 Å². The number of aromatic nitrogens is 2. The van der Waals surface area contributed by atoms with Gasteiger partial charge in [-0.15, -0.1) is 0 Å². The fraction of sp³-hybridized carbons (Fsp3) is 0.600. The van der Waals surface area contributed by atoms with Crippen LogP contribution < -0.4 is 11.1 Å². The number of hydrogen-bond acceptors (Lipinski definition) is 3. The highest BCUT2D eigenvalue weighted by molar-refractivity contribution is 5.81. The zero-order chi connectivity index (χ0) is 11.1. The van der Waals surface area contributed by atoms with Crippen LogP contribution in [-0.4, -0.2) is 28.3 Å². The minimum atomic E-state index is -0.380. The topological polar surface area (TPSA) is 72.9 Å². The van der Waals surface area contributed by atoms with Crippen molar-refractivity contribution in [1.82, 2.24) is 15.1 Å². The number of aryl methyl sites for hydroxylation is 1. The molecule has 1 rings (SSSR count). The highest BCUT2D eigenvalue weighted by Crippen LogP contribution is 1.89. The lowest BCUT2D eigenvalue weighted by Gasteiger charge is -2.09. The van der Waals surface area contributed by atoms with Crippen molar-refractivity contribution in [3.63, 3.8) is 0 Å². The molecule has 1 aromatic heterocycles. The van der Waals surface area contributed by atoms with Crippen molar-refractivity contribution >= 4 is 5.91 Å². The molecule has 1 heterocycles. The second-order valence-corrected chi connectivity index (χ2v) is 3.43. The van der Waals surface area contributed by atoms with Crippen molar-refractivity contribution in [1.29, 1.82) is 0 Å². The van der Waals surface area contributed by atoms with Gasteiger partial charge in [-0.1, -0.05) is 6.92 Å². The third kappa shape index (κ3) is 4.12. The molecule has 0 aromatic carbocycles. The van der Waals surface area contributed by atoms with Gasteiger partial charge in [0.1, 0.15) is 0 Å². The third-order valence-corrected chi connectivity index (χ3v) is 2.20. The Hall–Kier alpha value is -1.36. The van der Waals surface area contributed by atoms with Crippen LogP contribution >= 0.6 is 0 Å². The molecule has 1 amide bonds. The predicted octanol–water partition coefficient (Wildman–Crippen LogP) is 0.127. The summed E-state index contributed by atoms with van der Waals surface area (Å²) in [6.45, 7) is 3.36. The zero-order valence-electron chi connectivity index (χ0n) is 9.02. The summed E-state index contributed by atoms with van der Waals surface area (Å²) in [6.07, 6.45) is 5.18. The number of nitrogens with zero attached hydrogens (tertiary/aromatic N) is 2. The molecule has 15 heavy (non-hydrogen) atoms. The highest BCUT2D eigenvalue weighted by Gasteiger charge is 2.08. The lowest BCUT2D eigenvalue weighted by molar-refractivity contribution is -0.122. The Morgan fingerprint density at radius 3 is 3.07 bits per heavy atom. The van der Waals surface area contributed by atoms with Gasteiger partial charge >= 0.3 is 0 Å². The SMILES string of the molecule is CC[C@@H](N)C(=O)NCCCn1cccn1. The molecule has 84 valence electrons. The van der Waals surface area contributed by atoms with Crippen molar-refractivity contribution in [3.8, 4) is 0 Å². The van der Waals surface area contributed by atoms with Crippen LogP contribution in [0.4, 0.5) is 0 Å². The van der Waals surface area contributed by atoms with Crippen LogP contribution in [0.25, 0.3) is 0 Å². The van der Waals surface area contributed by atoms with E-state index in [-0.39, 0.29) is 11.9 Å². The number of rotatable bonds is 6. The maximum absolute atomic E-state index is 11.3. The lowest BCUT2D eigenvalue weighted by Crippen LogP contribution is -2.40. The molecular weight excluding hydrogens is 192 g/mol. The first-order valence-corrected chi connectivity index (χ1v) is 5.24. The monoisotopic (exact) mass is 210 g/mol. The van der Waals surface area contributed by atoms with Crippen LogP contribution in [0.1, 0.15) is 19.8 Å². The van der Waals surface area contributed by atoms with E-state index in [0.29, 0.717) is 13.0 Å². The van der Waals surface area contributed by atoms with E-state index >= 15 is 0 Å². The summed E-state index contributed by atoms with van der Waals surface area (Å²) in [6, 6.07) is 1.50. The number of carbonyl (C=O) groups is 1. The Morgan fingerprint density at radius 1 is 1.67 bits per heavy atom. The van der Waals surface area contributed by atoms with Gasteiger partial charge in [-0.25, -0.2) is 0 Å². The number of hydrogen-bond donors (Lipinski definition) is 2. The van der Waals surface area contributed by atoms with E-state index in [4.69, 9.17) is 5.73 Å². The summed E-state index contributed by atoms with van der Waals surface area (Å²) < 4.78 is 1.84. The summed E-state index contributed by atoms with van der Waals surface area (Å²) in [5.74, 6) is -0.0713. The number of carbonyl (C=O) groups excluding carboxylic acids is 1. The van der Waals surface area contributed by atoms with Crippen molar-refractivity contribution in [2.75, 3.05) is 6.54 Å². The largest absolute Gasteiger partial charge is 0.355 e. The Kier molecular flexibility index (Phi) is 4.83. The maximum Gasteiger partial charge on any atom is 0.236 e. The molecule has 0 unspecified atom stereocenters. The second-order valence-electron chi connectivity index (χ2n) is 3.43. The lowest BCUT2D eigenvalue weighted by atomic mass is 10.2. The van der Waals surface area contributed by atoms with E-state index in [9.17, 15) is 4.79 Å². The van der Waals surface area contributed by atoms with E-state index in [1.165, 1.54) is 0 Å². The van der Waals surface area contributed by atoms with Crippen LogP contribution in [0.15, 0.2) is 18.5 Å². The summed E-state index contributed by atoms with van der Waals surface area (Å²) in [7, 11) is 0. The minimum absolute atomic E-state index is 0.0713. The van der Waals surface area contributed by atoms with E-state index in [1.54, 1.807) is 6.20 Å². The van der Waals surface area contributed by atoms with Gasteiger partial charge in [0.25, 0.3) is 0 Å². The molecule has 1 aromatic rings. The molecule has 0 fully saturated rings. The minimum Gasteiger partial charge on any atom is -0.355 e. The molecule has 0 aliphatic heterocycles. The van der Waals surface area contributed by atoms with Gasteiger partial charge < -0.3 is 11.1 Å². The van der Waals surface area contributed by atoms with Crippen LogP contribution in [0.3, 0.4) is 0 Å². The molecule has 5 nitrogen and oxygen atoms in total. The fourth-order valence-electron chi connectivity index (χ4n) is 1.20. The first-order valence-electron chi connectivity index (χ1n) is 5.24. The van der Waals surface area contributed by atoms with E-state index in [1.807, 2.05) is 23.9 Å².